The predicted molar refractivity (Wildman–Crippen MR) is 74.7 cm³/mol. The van der Waals surface area contributed by atoms with Crippen LogP contribution in [0.4, 0.5) is 0 Å². The molecule has 1 aromatic heterocycles. The third-order valence-electron chi connectivity index (χ3n) is 3.64. The molecule has 7 heteroatoms. The van der Waals surface area contributed by atoms with Crippen LogP contribution in [0.15, 0.2) is 6.20 Å². The Bertz CT molecular complexity index is 403. The van der Waals surface area contributed by atoms with Crippen molar-refractivity contribution in [2.75, 3.05) is 19.7 Å². The molecule has 2 rings (SSSR count). The van der Waals surface area contributed by atoms with Gasteiger partial charge in [-0.15, -0.1) is 0 Å². The van der Waals surface area contributed by atoms with Crippen molar-refractivity contribution in [1.29, 1.82) is 0 Å². The fourth-order valence-electron chi connectivity index (χ4n) is 2.50. The lowest BCUT2D eigenvalue weighted by atomic mass is 10.1. The van der Waals surface area contributed by atoms with Gasteiger partial charge in [-0.3, -0.25) is 15.4 Å². The molecule has 3 N–H and O–H groups in total. The average Bonchev–Trinajstić information content (AvgIpc) is 2.72. The van der Waals surface area contributed by atoms with Crippen LogP contribution in [0, 0.1) is 0 Å². The minimum Gasteiger partial charge on any atom is -0.373 e. The van der Waals surface area contributed by atoms with Crippen molar-refractivity contribution < 1.29 is 4.74 Å². The quantitative estimate of drug-likeness (QED) is 0.630. The van der Waals surface area contributed by atoms with Gasteiger partial charge in [0.05, 0.1) is 35.7 Å². The Morgan fingerprint density at radius 1 is 1.58 bits per heavy atom. The fraction of sp³-hybridized carbons (Fsp3) is 0.750. The molecule has 1 aliphatic rings. The van der Waals surface area contributed by atoms with Gasteiger partial charge in [-0.2, -0.15) is 5.10 Å². The maximum Gasteiger partial charge on any atom is 0.0925 e. The van der Waals surface area contributed by atoms with Gasteiger partial charge in [0.1, 0.15) is 0 Å². The second-order valence-corrected chi connectivity index (χ2v) is 5.55. The van der Waals surface area contributed by atoms with Gasteiger partial charge in [-0.25, -0.2) is 5.43 Å². The Morgan fingerprint density at radius 2 is 2.32 bits per heavy atom. The van der Waals surface area contributed by atoms with E-state index < -0.39 is 0 Å². The molecular formula is C12H22ClN5O. The number of hydrogen-bond acceptors (Lipinski definition) is 5. The number of morpholine rings is 1. The first-order chi connectivity index (χ1) is 9.04. The number of ether oxygens (including phenoxy) is 1. The van der Waals surface area contributed by atoms with Gasteiger partial charge < -0.3 is 4.74 Å². The van der Waals surface area contributed by atoms with E-state index in [1.54, 1.807) is 10.9 Å². The van der Waals surface area contributed by atoms with Crippen molar-refractivity contribution in [3.05, 3.63) is 16.9 Å². The molecule has 1 saturated heterocycles. The third kappa shape index (κ3) is 3.09. The fourth-order valence-corrected chi connectivity index (χ4v) is 2.78. The predicted octanol–water partition coefficient (Wildman–Crippen LogP) is 0.687. The van der Waals surface area contributed by atoms with Crippen molar-refractivity contribution in [3.8, 4) is 0 Å². The lowest BCUT2D eigenvalue weighted by molar-refractivity contribution is -0.0572. The van der Waals surface area contributed by atoms with Crippen molar-refractivity contribution in [1.82, 2.24) is 20.1 Å². The van der Waals surface area contributed by atoms with Crippen LogP contribution >= 0.6 is 11.6 Å². The summed E-state index contributed by atoms with van der Waals surface area (Å²) in [6, 6.07) is 0.327. The van der Waals surface area contributed by atoms with Crippen LogP contribution in [-0.2, 0) is 11.8 Å². The van der Waals surface area contributed by atoms with Crippen molar-refractivity contribution in [3.63, 3.8) is 0 Å². The topological polar surface area (TPSA) is 68.3 Å². The van der Waals surface area contributed by atoms with Crippen molar-refractivity contribution in [2.45, 2.75) is 32.0 Å². The van der Waals surface area contributed by atoms with E-state index in [1.807, 2.05) is 7.05 Å². The number of aryl methyl sites for hydroxylation is 1. The summed E-state index contributed by atoms with van der Waals surface area (Å²) in [6.45, 7) is 6.85. The largest absolute Gasteiger partial charge is 0.373 e. The first-order valence-electron chi connectivity index (χ1n) is 6.53. The van der Waals surface area contributed by atoms with E-state index in [0.29, 0.717) is 17.7 Å². The normalized spacial score (nSPS) is 22.9. The molecule has 0 aromatic carbocycles. The number of nitrogens with two attached hydrogens (primary N) is 1. The Kier molecular flexibility index (Phi) is 4.81. The standard InChI is InChI=1S/C12H22ClN5O/c1-8(2)18-4-5-19-10(7-18)11(16-14)12-9(13)6-15-17(12)3/h6,8,10-11,16H,4-5,7,14H2,1-3H3. The number of halogens is 1. The molecule has 1 fully saturated rings. The molecule has 1 aromatic rings. The summed E-state index contributed by atoms with van der Waals surface area (Å²) in [7, 11) is 1.86. The molecule has 0 radical (unpaired) electrons. The molecule has 0 saturated carbocycles. The minimum absolute atomic E-state index is 0.0333. The summed E-state index contributed by atoms with van der Waals surface area (Å²) in [5.41, 5.74) is 3.68. The molecular weight excluding hydrogens is 266 g/mol. The van der Waals surface area contributed by atoms with E-state index in [4.69, 9.17) is 22.2 Å². The maximum absolute atomic E-state index is 6.19. The highest BCUT2D eigenvalue weighted by molar-refractivity contribution is 6.31. The number of hydrazine groups is 1. The summed E-state index contributed by atoms with van der Waals surface area (Å²) in [4.78, 5) is 2.38. The Hall–Kier alpha value is -0.660. The molecule has 108 valence electrons. The van der Waals surface area contributed by atoms with Gasteiger partial charge in [0.15, 0.2) is 0 Å². The molecule has 0 aliphatic carbocycles. The number of nitrogens with one attached hydrogen (secondary N) is 1. The van der Waals surface area contributed by atoms with E-state index in [0.717, 1.165) is 18.8 Å². The Morgan fingerprint density at radius 3 is 2.84 bits per heavy atom. The van der Waals surface area contributed by atoms with E-state index in [9.17, 15) is 0 Å². The molecule has 19 heavy (non-hydrogen) atoms. The van der Waals surface area contributed by atoms with Crippen LogP contribution in [-0.4, -0.2) is 46.5 Å². The van der Waals surface area contributed by atoms with Crippen LogP contribution < -0.4 is 11.3 Å². The van der Waals surface area contributed by atoms with Crippen LogP contribution in [0.25, 0.3) is 0 Å². The summed E-state index contributed by atoms with van der Waals surface area (Å²) < 4.78 is 7.60. The van der Waals surface area contributed by atoms with Gasteiger partial charge in [-0.05, 0) is 13.8 Å². The second kappa shape index (κ2) is 6.19. The van der Waals surface area contributed by atoms with Gasteiger partial charge in [-0.1, -0.05) is 11.6 Å². The van der Waals surface area contributed by atoms with Gasteiger partial charge >= 0.3 is 0 Å². The second-order valence-electron chi connectivity index (χ2n) is 5.14. The lowest BCUT2D eigenvalue weighted by Crippen LogP contribution is -2.51. The first kappa shape index (κ1) is 14.7. The summed E-state index contributed by atoms with van der Waals surface area (Å²) >= 11 is 6.19. The highest BCUT2D eigenvalue weighted by Gasteiger charge is 2.32. The first-order valence-corrected chi connectivity index (χ1v) is 6.91. The van der Waals surface area contributed by atoms with Gasteiger partial charge in [0.2, 0.25) is 0 Å². The minimum atomic E-state index is -0.165. The number of nitrogens with zero attached hydrogens (tertiary/aromatic N) is 3. The van der Waals surface area contributed by atoms with Crippen molar-refractivity contribution in [2.24, 2.45) is 12.9 Å². The summed E-state index contributed by atoms with van der Waals surface area (Å²) in [5, 5.41) is 4.76. The number of aromatic nitrogens is 2. The molecule has 6 nitrogen and oxygen atoms in total. The summed E-state index contributed by atoms with van der Waals surface area (Å²) in [6.07, 6.45) is 1.60. The van der Waals surface area contributed by atoms with E-state index in [-0.39, 0.29) is 12.1 Å². The molecule has 0 spiro atoms. The van der Waals surface area contributed by atoms with Crippen LogP contribution in [0.5, 0.6) is 0 Å². The lowest BCUT2D eigenvalue weighted by Gasteiger charge is -2.38. The van der Waals surface area contributed by atoms with E-state index >= 15 is 0 Å². The Balaban J connectivity index is 2.18. The smallest absolute Gasteiger partial charge is 0.0925 e. The van der Waals surface area contributed by atoms with Crippen LogP contribution in [0.2, 0.25) is 5.02 Å². The zero-order valence-electron chi connectivity index (χ0n) is 11.6. The van der Waals surface area contributed by atoms with Crippen molar-refractivity contribution >= 4 is 11.6 Å². The molecule has 2 unspecified atom stereocenters. The van der Waals surface area contributed by atoms with Gasteiger partial charge in [0, 0.05) is 26.2 Å². The maximum atomic E-state index is 6.19. The zero-order chi connectivity index (χ0) is 14.0. The SMILES string of the molecule is CC(C)N1CCOC(C(NN)c2c(Cl)cnn2C)C1. The molecule has 1 aliphatic heterocycles. The van der Waals surface area contributed by atoms with Gasteiger partial charge in [0.25, 0.3) is 0 Å². The molecule has 0 amide bonds. The van der Waals surface area contributed by atoms with E-state index in [1.165, 1.54) is 0 Å². The Labute approximate surface area is 118 Å². The average molecular weight is 288 g/mol. The number of hydrogen-bond donors (Lipinski definition) is 2. The van der Waals surface area contributed by atoms with E-state index in [2.05, 4.69) is 29.3 Å². The zero-order valence-corrected chi connectivity index (χ0v) is 12.4. The highest BCUT2D eigenvalue weighted by atomic mass is 35.5. The molecule has 2 atom stereocenters. The molecule has 2 heterocycles. The highest BCUT2D eigenvalue weighted by Crippen LogP contribution is 2.27. The number of rotatable bonds is 4. The molecule has 0 bridgehead atoms. The van der Waals surface area contributed by atoms with Crippen LogP contribution in [0.3, 0.4) is 0 Å². The van der Waals surface area contributed by atoms with Crippen LogP contribution in [0.1, 0.15) is 25.6 Å². The monoisotopic (exact) mass is 287 g/mol. The summed E-state index contributed by atoms with van der Waals surface area (Å²) in [5.74, 6) is 5.71. The third-order valence-corrected chi connectivity index (χ3v) is 3.93.